The zero-order valence-electron chi connectivity index (χ0n) is 9.08. The SMILES string of the molecule is NN=c1sc2ccccc2n1-c1ccccc1. The molecular formula is C13H11N3S. The van der Waals surface area contributed by atoms with Crippen LogP contribution in [0.1, 0.15) is 0 Å². The van der Waals surface area contributed by atoms with Crippen LogP contribution in [0.5, 0.6) is 0 Å². The van der Waals surface area contributed by atoms with Gasteiger partial charge >= 0.3 is 0 Å². The van der Waals surface area contributed by atoms with Gasteiger partial charge in [-0.25, -0.2) is 0 Å². The number of nitrogens with zero attached hydrogens (tertiary/aromatic N) is 2. The molecule has 0 unspecified atom stereocenters. The maximum atomic E-state index is 5.47. The highest BCUT2D eigenvalue weighted by Gasteiger charge is 2.06. The normalized spacial score (nSPS) is 12.1. The summed E-state index contributed by atoms with van der Waals surface area (Å²) in [6.45, 7) is 0. The Morgan fingerprint density at radius 1 is 0.941 bits per heavy atom. The van der Waals surface area contributed by atoms with Crippen LogP contribution in [0.25, 0.3) is 15.9 Å². The Morgan fingerprint density at radius 2 is 1.65 bits per heavy atom. The summed E-state index contributed by atoms with van der Waals surface area (Å²) in [4.78, 5) is 0.803. The number of para-hydroxylation sites is 2. The van der Waals surface area contributed by atoms with Crippen molar-refractivity contribution in [3.8, 4) is 5.69 Å². The highest BCUT2D eigenvalue weighted by atomic mass is 32.1. The van der Waals surface area contributed by atoms with E-state index in [0.717, 1.165) is 16.0 Å². The molecule has 17 heavy (non-hydrogen) atoms. The van der Waals surface area contributed by atoms with Gasteiger partial charge in [0, 0.05) is 5.69 Å². The van der Waals surface area contributed by atoms with Crippen molar-refractivity contribution in [1.29, 1.82) is 0 Å². The van der Waals surface area contributed by atoms with Crippen molar-refractivity contribution in [2.75, 3.05) is 0 Å². The maximum Gasteiger partial charge on any atom is 0.213 e. The van der Waals surface area contributed by atoms with E-state index < -0.39 is 0 Å². The van der Waals surface area contributed by atoms with Crippen molar-refractivity contribution >= 4 is 21.6 Å². The lowest BCUT2D eigenvalue weighted by molar-refractivity contribution is 0.994. The third-order valence-electron chi connectivity index (χ3n) is 2.62. The maximum absolute atomic E-state index is 5.47. The Morgan fingerprint density at radius 3 is 2.41 bits per heavy atom. The van der Waals surface area contributed by atoms with Crippen molar-refractivity contribution in [3.63, 3.8) is 0 Å². The zero-order valence-corrected chi connectivity index (χ0v) is 9.89. The second-order valence-corrected chi connectivity index (χ2v) is 4.66. The molecular weight excluding hydrogens is 230 g/mol. The van der Waals surface area contributed by atoms with Gasteiger partial charge in [-0.15, -0.1) is 0 Å². The molecule has 0 bridgehead atoms. The molecule has 3 rings (SSSR count). The quantitative estimate of drug-likeness (QED) is 0.516. The average molecular weight is 241 g/mol. The molecule has 1 heterocycles. The van der Waals surface area contributed by atoms with Gasteiger partial charge in [0.1, 0.15) is 0 Å². The molecule has 0 saturated carbocycles. The van der Waals surface area contributed by atoms with Crippen molar-refractivity contribution in [2.24, 2.45) is 10.9 Å². The summed E-state index contributed by atoms with van der Waals surface area (Å²) in [6, 6.07) is 18.3. The minimum absolute atomic E-state index is 0.803. The van der Waals surface area contributed by atoms with Crippen LogP contribution in [0.4, 0.5) is 0 Å². The smallest absolute Gasteiger partial charge is 0.213 e. The molecule has 0 radical (unpaired) electrons. The molecule has 3 nitrogen and oxygen atoms in total. The van der Waals surface area contributed by atoms with Crippen LogP contribution in [0.3, 0.4) is 0 Å². The number of fused-ring (bicyclic) bond motifs is 1. The second kappa shape index (κ2) is 4.07. The molecule has 0 atom stereocenters. The molecule has 0 fully saturated rings. The lowest BCUT2D eigenvalue weighted by Crippen LogP contribution is -2.14. The predicted octanol–water partition coefficient (Wildman–Crippen LogP) is 2.47. The van der Waals surface area contributed by atoms with Gasteiger partial charge in [0.15, 0.2) is 0 Å². The summed E-state index contributed by atoms with van der Waals surface area (Å²) in [6.07, 6.45) is 0. The fourth-order valence-electron chi connectivity index (χ4n) is 1.89. The molecule has 1 aromatic heterocycles. The average Bonchev–Trinajstić information content (AvgIpc) is 2.78. The molecule has 3 aromatic rings. The minimum atomic E-state index is 0.803. The Bertz CT molecular complexity index is 710. The first kappa shape index (κ1) is 10.1. The van der Waals surface area contributed by atoms with Crippen LogP contribution in [-0.2, 0) is 0 Å². The number of aromatic nitrogens is 1. The van der Waals surface area contributed by atoms with Crippen LogP contribution in [-0.4, -0.2) is 4.57 Å². The van der Waals surface area contributed by atoms with Crippen LogP contribution >= 0.6 is 11.3 Å². The van der Waals surface area contributed by atoms with Crippen molar-refractivity contribution in [3.05, 3.63) is 59.4 Å². The molecule has 0 amide bonds. The van der Waals surface area contributed by atoms with E-state index in [1.54, 1.807) is 11.3 Å². The van der Waals surface area contributed by atoms with E-state index in [1.807, 2.05) is 42.5 Å². The summed E-state index contributed by atoms with van der Waals surface area (Å²) in [5, 5.41) is 3.87. The molecule has 2 N–H and O–H groups in total. The number of benzene rings is 2. The third-order valence-corrected chi connectivity index (χ3v) is 3.66. The summed E-state index contributed by atoms with van der Waals surface area (Å²) in [5.74, 6) is 5.47. The summed E-state index contributed by atoms with van der Waals surface area (Å²) >= 11 is 1.59. The van der Waals surface area contributed by atoms with E-state index in [4.69, 9.17) is 5.84 Å². The fraction of sp³-hybridized carbons (Fsp3) is 0. The second-order valence-electron chi connectivity index (χ2n) is 3.65. The van der Waals surface area contributed by atoms with Gasteiger partial charge in [-0.1, -0.05) is 41.7 Å². The summed E-state index contributed by atoms with van der Waals surface area (Å²) in [5.41, 5.74) is 2.21. The zero-order chi connectivity index (χ0) is 11.7. The van der Waals surface area contributed by atoms with E-state index in [0.29, 0.717) is 0 Å². The molecule has 4 heteroatoms. The topological polar surface area (TPSA) is 43.3 Å². The van der Waals surface area contributed by atoms with Gasteiger partial charge in [-0.05, 0) is 24.3 Å². The van der Waals surface area contributed by atoms with Gasteiger partial charge < -0.3 is 5.84 Å². The first-order valence-corrected chi connectivity index (χ1v) is 6.12. The molecule has 0 spiro atoms. The highest BCUT2D eigenvalue weighted by Crippen LogP contribution is 2.20. The monoisotopic (exact) mass is 241 g/mol. The minimum Gasteiger partial charge on any atom is -0.320 e. The van der Waals surface area contributed by atoms with Gasteiger partial charge in [0.25, 0.3) is 0 Å². The van der Waals surface area contributed by atoms with Crippen LogP contribution in [0, 0.1) is 0 Å². The van der Waals surface area contributed by atoms with Crippen molar-refractivity contribution in [1.82, 2.24) is 4.57 Å². The number of rotatable bonds is 1. The van der Waals surface area contributed by atoms with E-state index in [2.05, 4.69) is 21.8 Å². The van der Waals surface area contributed by atoms with Gasteiger partial charge in [-0.3, -0.25) is 4.57 Å². The first-order chi connectivity index (χ1) is 8.40. The summed E-state index contributed by atoms with van der Waals surface area (Å²) < 4.78 is 3.25. The highest BCUT2D eigenvalue weighted by molar-refractivity contribution is 7.16. The number of nitrogens with two attached hydrogens (primary N) is 1. The van der Waals surface area contributed by atoms with Crippen LogP contribution in [0.2, 0.25) is 0 Å². The number of thiazole rings is 1. The Hall–Kier alpha value is -2.07. The van der Waals surface area contributed by atoms with Crippen molar-refractivity contribution in [2.45, 2.75) is 0 Å². The number of hydrogen-bond donors (Lipinski definition) is 1. The van der Waals surface area contributed by atoms with Crippen LogP contribution < -0.4 is 10.6 Å². The largest absolute Gasteiger partial charge is 0.320 e. The Kier molecular flexibility index (Phi) is 2.42. The van der Waals surface area contributed by atoms with Gasteiger partial charge in [0.2, 0.25) is 4.80 Å². The molecule has 0 saturated heterocycles. The third kappa shape index (κ3) is 1.62. The number of hydrogen-bond acceptors (Lipinski definition) is 3. The van der Waals surface area contributed by atoms with E-state index in [9.17, 15) is 0 Å². The first-order valence-electron chi connectivity index (χ1n) is 5.30. The van der Waals surface area contributed by atoms with Crippen molar-refractivity contribution < 1.29 is 0 Å². The van der Waals surface area contributed by atoms with Gasteiger partial charge in [-0.2, -0.15) is 5.10 Å². The molecule has 2 aromatic carbocycles. The lowest BCUT2D eigenvalue weighted by atomic mass is 10.3. The van der Waals surface area contributed by atoms with Crippen LogP contribution in [0.15, 0.2) is 59.7 Å². The van der Waals surface area contributed by atoms with E-state index in [-0.39, 0.29) is 0 Å². The Labute approximate surface area is 102 Å². The standard InChI is InChI=1S/C13H11N3S/c14-15-13-16(10-6-2-1-3-7-10)11-8-4-5-9-12(11)17-13/h1-9H,14H2. The predicted molar refractivity (Wildman–Crippen MR) is 70.9 cm³/mol. The summed E-state index contributed by atoms with van der Waals surface area (Å²) in [7, 11) is 0. The van der Waals surface area contributed by atoms with Gasteiger partial charge in [0.05, 0.1) is 10.2 Å². The van der Waals surface area contributed by atoms with E-state index in [1.165, 1.54) is 4.70 Å². The fourth-order valence-corrected chi connectivity index (χ4v) is 2.84. The van der Waals surface area contributed by atoms with E-state index >= 15 is 0 Å². The Balaban J connectivity index is 2.43. The molecule has 0 aliphatic heterocycles. The molecule has 0 aliphatic rings. The molecule has 84 valence electrons. The molecule has 0 aliphatic carbocycles. The lowest BCUT2D eigenvalue weighted by Gasteiger charge is -2.03.